The molecule has 1 aromatic rings. The molecule has 0 fully saturated rings. The predicted octanol–water partition coefficient (Wildman–Crippen LogP) is -0.908. The Morgan fingerprint density at radius 3 is 2.37 bits per heavy atom. The van der Waals surface area contributed by atoms with Crippen molar-refractivity contribution in [2.45, 2.75) is 26.3 Å². The van der Waals surface area contributed by atoms with Crippen LogP contribution in [-0.2, 0) is 14.3 Å². The molecule has 1 atom stereocenters. The molecule has 0 bridgehead atoms. The number of carbonyl (C=O) groups excluding carboxylic acids is 2. The van der Waals surface area contributed by atoms with Gasteiger partial charge in [-0.05, 0) is 31.2 Å². The van der Waals surface area contributed by atoms with Gasteiger partial charge >= 0.3 is 63.3 Å². The summed E-state index contributed by atoms with van der Waals surface area (Å²) in [7, 11) is 1.36. The Hall–Kier alpha value is -0.404. The van der Waals surface area contributed by atoms with Crippen molar-refractivity contribution in [3.63, 3.8) is 0 Å². The Bertz CT molecular complexity index is 425. The summed E-state index contributed by atoms with van der Waals surface area (Å²) in [5.74, 6) is -0.116. The van der Waals surface area contributed by atoms with Gasteiger partial charge in [0.25, 0.3) is 0 Å². The Labute approximate surface area is 156 Å². The van der Waals surface area contributed by atoms with Gasteiger partial charge in [-0.15, -0.1) is 0 Å². The molecule has 0 aromatic heterocycles. The van der Waals surface area contributed by atoms with Crippen molar-refractivity contribution >= 4 is 17.6 Å². The topological polar surface area (TPSA) is 64.6 Å². The minimum absolute atomic E-state index is 0. The largest absolute Gasteiger partial charge is 1.00 e. The number of hydrogen-bond donors (Lipinski definition) is 1. The van der Waals surface area contributed by atoms with Crippen LogP contribution in [0, 0.1) is 0 Å². The summed E-state index contributed by atoms with van der Waals surface area (Å²) in [5, 5.41) is 3.15. The number of methoxy groups -OCH3 is 1. The standard InChI is InChI=1S/C13H17NO4.K.H/c1-9(8-13(16)17-3)14-11-4-6-12(7-5-11)18-10(2)15;;/h4-7,9,14H,8H2,1-3H3;;/q;+1;-1/t9-;;/m1../s1. The second-order valence-corrected chi connectivity index (χ2v) is 3.94. The van der Waals surface area contributed by atoms with E-state index in [2.05, 4.69) is 10.1 Å². The van der Waals surface area contributed by atoms with Gasteiger partial charge in [0.1, 0.15) is 5.75 Å². The van der Waals surface area contributed by atoms with Gasteiger partial charge in [-0.3, -0.25) is 9.59 Å². The van der Waals surface area contributed by atoms with Crippen LogP contribution in [0.5, 0.6) is 5.75 Å². The number of carbonyl (C=O) groups is 2. The van der Waals surface area contributed by atoms with Crippen molar-refractivity contribution in [3.8, 4) is 5.75 Å². The monoisotopic (exact) mass is 291 g/mol. The van der Waals surface area contributed by atoms with Crippen molar-refractivity contribution in [2.24, 2.45) is 0 Å². The SMILES string of the molecule is COC(=O)C[C@@H](C)Nc1ccc(OC(C)=O)cc1.[H-].[K+]. The molecule has 0 heterocycles. The quantitative estimate of drug-likeness (QED) is 0.432. The van der Waals surface area contributed by atoms with E-state index in [9.17, 15) is 9.59 Å². The van der Waals surface area contributed by atoms with Gasteiger partial charge in [0.2, 0.25) is 0 Å². The van der Waals surface area contributed by atoms with Crippen LogP contribution in [0.15, 0.2) is 24.3 Å². The van der Waals surface area contributed by atoms with Crippen LogP contribution < -0.4 is 61.4 Å². The summed E-state index contributed by atoms with van der Waals surface area (Å²) in [5.41, 5.74) is 0.849. The Morgan fingerprint density at radius 1 is 1.32 bits per heavy atom. The van der Waals surface area contributed by atoms with Crippen molar-refractivity contribution < 1.29 is 71.9 Å². The van der Waals surface area contributed by atoms with Gasteiger partial charge in [-0.1, -0.05) is 0 Å². The van der Waals surface area contributed by atoms with Gasteiger partial charge in [-0.25, -0.2) is 0 Å². The molecule has 1 N–H and O–H groups in total. The fraction of sp³-hybridized carbons (Fsp3) is 0.385. The van der Waals surface area contributed by atoms with Gasteiger partial charge in [-0.2, -0.15) is 0 Å². The zero-order valence-electron chi connectivity index (χ0n) is 12.7. The van der Waals surface area contributed by atoms with E-state index in [4.69, 9.17) is 4.74 Å². The van der Waals surface area contributed by atoms with E-state index in [0.29, 0.717) is 12.2 Å². The first-order chi connectivity index (χ1) is 8.51. The van der Waals surface area contributed by atoms with Crippen LogP contribution in [-0.4, -0.2) is 25.1 Å². The van der Waals surface area contributed by atoms with Gasteiger partial charge in [0, 0.05) is 18.7 Å². The molecule has 6 heteroatoms. The molecule has 19 heavy (non-hydrogen) atoms. The summed E-state index contributed by atoms with van der Waals surface area (Å²) in [6.07, 6.45) is 0.294. The predicted molar refractivity (Wildman–Crippen MR) is 68.6 cm³/mol. The molecule has 0 spiro atoms. The molecule has 0 amide bonds. The minimum atomic E-state index is -0.352. The Kier molecular flexibility index (Phi) is 9.29. The molecule has 100 valence electrons. The summed E-state index contributed by atoms with van der Waals surface area (Å²) >= 11 is 0. The molecule has 1 aromatic carbocycles. The summed E-state index contributed by atoms with van der Waals surface area (Å²) in [4.78, 5) is 21.8. The first-order valence-electron chi connectivity index (χ1n) is 5.63. The van der Waals surface area contributed by atoms with E-state index in [1.165, 1.54) is 14.0 Å². The number of esters is 2. The van der Waals surface area contributed by atoms with E-state index in [0.717, 1.165) is 5.69 Å². The van der Waals surface area contributed by atoms with Crippen LogP contribution in [0.3, 0.4) is 0 Å². The fourth-order valence-electron chi connectivity index (χ4n) is 1.45. The third kappa shape index (κ3) is 7.69. The number of hydrogen-bond acceptors (Lipinski definition) is 5. The third-order valence-corrected chi connectivity index (χ3v) is 2.23. The third-order valence-electron chi connectivity index (χ3n) is 2.23. The molecule has 0 radical (unpaired) electrons. The molecule has 0 aliphatic carbocycles. The molecule has 0 saturated heterocycles. The average molecular weight is 291 g/mol. The van der Waals surface area contributed by atoms with E-state index in [1.807, 2.05) is 6.92 Å². The normalized spacial score (nSPS) is 10.9. The van der Waals surface area contributed by atoms with E-state index in [1.54, 1.807) is 24.3 Å². The summed E-state index contributed by atoms with van der Waals surface area (Å²) < 4.78 is 9.50. The second-order valence-electron chi connectivity index (χ2n) is 3.94. The molecule has 5 nitrogen and oxygen atoms in total. The molecular weight excluding hydrogens is 273 g/mol. The van der Waals surface area contributed by atoms with E-state index < -0.39 is 0 Å². The fourth-order valence-corrected chi connectivity index (χ4v) is 1.45. The van der Waals surface area contributed by atoms with Crippen LogP contribution >= 0.6 is 0 Å². The van der Waals surface area contributed by atoms with Crippen LogP contribution in [0.4, 0.5) is 5.69 Å². The molecule has 0 aliphatic rings. The average Bonchev–Trinajstić information content (AvgIpc) is 2.30. The second kappa shape index (κ2) is 9.49. The number of anilines is 1. The van der Waals surface area contributed by atoms with Gasteiger partial charge in [0.15, 0.2) is 0 Å². The van der Waals surface area contributed by atoms with Crippen molar-refractivity contribution in [2.75, 3.05) is 12.4 Å². The van der Waals surface area contributed by atoms with Crippen LogP contribution in [0.25, 0.3) is 0 Å². The molecule has 0 saturated carbocycles. The maximum Gasteiger partial charge on any atom is 1.00 e. The van der Waals surface area contributed by atoms with Gasteiger partial charge in [0.05, 0.1) is 13.5 Å². The Balaban J connectivity index is 0. The molecular formula is C13H18KNO4. The van der Waals surface area contributed by atoms with Crippen LogP contribution in [0.1, 0.15) is 21.7 Å². The molecule has 0 aliphatic heterocycles. The minimum Gasteiger partial charge on any atom is -1.00 e. The van der Waals surface area contributed by atoms with E-state index >= 15 is 0 Å². The van der Waals surface area contributed by atoms with E-state index in [-0.39, 0.29) is 70.8 Å². The molecule has 1 rings (SSSR count). The first kappa shape index (κ1) is 18.6. The maximum absolute atomic E-state index is 11.1. The number of nitrogens with one attached hydrogen (secondary N) is 1. The summed E-state index contributed by atoms with van der Waals surface area (Å²) in [6, 6.07) is 6.92. The first-order valence-corrected chi connectivity index (χ1v) is 5.63. The maximum atomic E-state index is 11.1. The van der Waals surface area contributed by atoms with Gasteiger partial charge < -0.3 is 16.2 Å². The van der Waals surface area contributed by atoms with Crippen LogP contribution in [0.2, 0.25) is 0 Å². The Morgan fingerprint density at radius 2 is 1.89 bits per heavy atom. The summed E-state index contributed by atoms with van der Waals surface area (Å²) in [6.45, 7) is 3.24. The van der Waals surface area contributed by atoms with Crippen molar-refractivity contribution in [3.05, 3.63) is 24.3 Å². The van der Waals surface area contributed by atoms with Crippen molar-refractivity contribution in [1.82, 2.24) is 0 Å². The number of rotatable bonds is 5. The zero-order valence-corrected chi connectivity index (χ0v) is 14.8. The van der Waals surface area contributed by atoms with Crippen molar-refractivity contribution in [1.29, 1.82) is 0 Å². The molecule has 0 unspecified atom stereocenters. The number of benzene rings is 1. The zero-order chi connectivity index (χ0) is 13.5. The smallest absolute Gasteiger partial charge is 1.00 e. The number of ether oxygens (including phenoxy) is 2.